The van der Waals surface area contributed by atoms with Crippen molar-refractivity contribution in [2.45, 2.75) is 6.92 Å². The number of hydrogen-bond acceptors (Lipinski definition) is 3. The lowest BCUT2D eigenvalue weighted by Gasteiger charge is -2.20. The van der Waals surface area contributed by atoms with Crippen molar-refractivity contribution in [1.29, 1.82) is 0 Å². The van der Waals surface area contributed by atoms with Crippen LogP contribution >= 0.6 is 12.2 Å². The van der Waals surface area contributed by atoms with Gasteiger partial charge in [-0.25, -0.2) is 0 Å². The maximum atomic E-state index is 11.8. The maximum Gasteiger partial charge on any atom is 0.257 e. The van der Waals surface area contributed by atoms with Crippen LogP contribution in [0.2, 0.25) is 0 Å². The zero-order valence-electron chi connectivity index (χ0n) is 10.7. The molecule has 0 aromatic heterocycles. The summed E-state index contributed by atoms with van der Waals surface area (Å²) in [5.41, 5.74) is 0.595. The van der Waals surface area contributed by atoms with Crippen LogP contribution in [0.25, 0.3) is 0 Å². The van der Waals surface area contributed by atoms with Crippen LogP contribution in [0.5, 0.6) is 0 Å². The van der Waals surface area contributed by atoms with Crippen LogP contribution in [0.1, 0.15) is 17.3 Å². The summed E-state index contributed by atoms with van der Waals surface area (Å²) in [6, 6.07) is 8.99. The van der Waals surface area contributed by atoms with Crippen LogP contribution in [0.15, 0.2) is 30.3 Å². The third-order valence-electron chi connectivity index (χ3n) is 2.38. The van der Waals surface area contributed by atoms with E-state index in [1.165, 1.54) is 0 Å². The van der Waals surface area contributed by atoms with E-state index in [4.69, 9.17) is 17.0 Å². The fourth-order valence-electron chi connectivity index (χ4n) is 1.30. The molecular weight excluding hydrogens is 248 g/mol. The van der Waals surface area contributed by atoms with Crippen molar-refractivity contribution < 1.29 is 9.53 Å². The minimum Gasteiger partial charge on any atom is -0.380 e. The summed E-state index contributed by atoms with van der Waals surface area (Å²) >= 11 is 5.14. The predicted molar refractivity (Wildman–Crippen MR) is 75.6 cm³/mol. The lowest BCUT2D eigenvalue weighted by atomic mass is 10.2. The molecule has 0 saturated carbocycles. The quantitative estimate of drug-likeness (QED) is 0.650. The van der Waals surface area contributed by atoms with Gasteiger partial charge >= 0.3 is 0 Å². The molecule has 0 unspecified atom stereocenters. The number of ether oxygens (including phenoxy) is 1. The van der Waals surface area contributed by atoms with Gasteiger partial charge in [-0.3, -0.25) is 10.1 Å². The summed E-state index contributed by atoms with van der Waals surface area (Å²) in [6.07, 6.45) is 0. The molecule has 0 aliphatic carbocycles. The fourth-order valence-corrected chi connectivity index (χ4v) is 1.49. The van der Waals surface area contributed by atoms with Gasteiger partial charge in [-0.1, -0.05) is 18.2 Å². The Morgan fingerprint density at radius 3 is 2.67 bits per heavy atom. The average Bonchev–Trinajstić information content (AvgIpc) is 2.39. The van der Waals surface area contributed by atoms with Crippen LogP contribution in [0, 0.1) is 0 Å². The van der Waals surface area contributed by atoms with Crippen molar-refractivity contribution in [3.63, 3.8) is 0 Å². The molecule has 0 spiro atoms. The standard InChI is InChI=1S/C13H18N2O2S/c1-3-17-10-9-15(2)13(18)14-12(16)11-7-5-4-6-8-11/h4-8H,3,9-10H2,1-2H3,(H,14,16,18). The van der Waals surface area contributed by atoms with Crippen molar-refractivity contribution in [3.8, 4) is 0 Å². The molecule has 0 aliphatic heterocycles. The molecular formula is C13H18N2O2S. The van der Waals surface area contributed by atoms with Crippen molar-refractivity contribution in [2.75, 3.05) is 26.8 Å². The molecule has 0 saturated heterocycles. The first-order valence-electron chi connectivity index (χ1n) is 5.84. The van der Waals surface area contributed by atoms with E-state index in [1.54, 1.807) is 17.0 Å². The first-order chi connectivity index (χ1) is 8.65. The Balaban J connectivity index is 2.42. The molecule has 0 atom stereocenters. The van der Waals surface area contributed by atoms with Gasteiger partial charge in [0.1, 0.15) is 0 Å². The van der Waals surface area contributed by atoms with Crippen LogP contribution in [0.3, 0.4) is 0 Å². The van der Waals surface area contributed by atoms with Gasteiger partial charge in [-0.05, 0) is 31.3 Å². The summed E-state index contributed by atoms with van der Waals surface area (Å²) in [5, 5.41) is 3.09. The minimum atomic E-state index is -0.191. The predicted octanol–water partition coefficient (Wildman–Crippen LogP) is 1.67. The van der Waals surface area contributed by atoms with E-state index in [1.807, 2.05) is 32.2 Å². The van der Waals surface area contributed by atoms with Crippen LogP contribution in [-0.2, 0) is 4.74 Å². The molecule has 98 valence electrons. The summed E-state index contributed by atoms with van der Waals surface area (Å²) < 4.78 is 5.23. The summed E-state index contributed by atoms with van der Waals surface area (Å²) in [6.45, 7) is 3.86. The van der Waals surface area contributed by atoms with Gasteiger partial charge in [0.15, 0.2) is 5.11 Å². The highest BCUT2D eigenvalue weighted by atomic mass is 32.1. The lowest BCUT2D eigenvalue weighted by Crippen LogP contribution is -2.41. The first kappa shape index (κ1) is 14.6. The first-order valence-corrected chi connectivity index (χ1v) is 6.25. The highest BCUT2D eigenvalue weighted by Gasteiger charge is 2.09. The molecule has 1 rings (SSSR count). The Morgan fingerprint density at radius 2 is 2.06 bits per heavy atom. The van der Waals surface area contributed by atoms with Gasteiger partial charge in [-0.2, -0.15) is 0 Å². The Hall–Kier alpha value is -1.46. The van der Waals surface area contributed by atoms with Crippen LogP contribution < -0.4 is 5.32 Å². The summed E-state index contributed by atoms with van der Waals surface area (Å²) in [5.74, 6) is -0.191. The zero-order chi connectivity index (χ0) is 13.4. The van der Waals surface area contributed by atoms with E-state index in [9.17, 15) is 4.79 Å². The molecule has 0 bridgehead atoms. The molecule has 4 nitrogen and oxygen atoms in total. The number of likely N-dealkylation sites (N-methyl/N-ethyl adjacent to an activating group) is 1. The average molecular weight is 266 g/mol. The maximum absolute atomic E-state index is 11.8. The van der Waals surface area contributed by atoms with Gasteiger partial charge < -0.3 is 9.64 Å². The van der Waals surface area contributed by atoms with Crippen molar-refractivity contribution in [3.05, 3.63) is 35.9 Å². The topological polar surface area (TPSA) is 41.6 Å². The molecule has 18 heavy (non-hydrogen) atoms. The third-order valence-corrected chi connectivity index (χ3v) is 2.79. The van der Waals surface area contributed by atoms with E-state index in [2.05, 4.69) is 5.32 Å². The fraction of sp³-hybridized carbons (Fsp3) is 0.385. The molecule has 1 aromatic rings. The number of nitrogens with zero attached hydrogens (tertiary/aromatic N) is 1. The number of benzene rings is 1. The molecule has 0 fully saturated rings. The van der Waals surface area contributed by atoms with E-state index >= 15 is 0 Å². The monoisotopic (exact) mass is 266 g/mol. The number of carbonyl (C=O) groups is 1. The third kappa shape index (κ3) is 4.81. The zero-order valence-corrected chi connectivity index (χ0v) is 11.5. The van der Waals surface area contributed by atoms with Gasteiger partial charge in [-0.15, -0.1) is 0 Å². The van der Waals surface area contributed by atoms with Crippen molar-refractivity contribution in [1.82, 2.24) is 10.2 Å². The van der Waals surface area contributed by atoms with Gasteiger partial charge in [0.05, 0.1) is 6.61 Å². The number of nitrogens with one attached hydrogen (secondary N) is 1. The highest BCUT2D eigenvalue weighted by Crippen LogP contribution is 1.98. The van der Waals surface area contributed by atoms with Crippen LogP contribution in [-0.4, -0.2) is 42.7 Å². The number of carbonyl (C=O) groups excluding carboxylic acids is 1. The Morgan fingerprint density at radius 1 is 1.39 bits per heavy atom. The normalized spacial score (nSPS) is 9.89. The molecule has 1 amide bonds. The van der Waals surface area contributed by atoms with Gasteiger partial charge in [0.2, 0.25) is 0 Å². The molecule has 0 aliphatic rings. The summed E-state index contributed by atoms with van der Waals surface area (Å²) in [4.78, 5) is 13.6. The second kappa shape index (κ2) is 7.79. The highest BCUT2D eigenvalue weighted by molar-refractivity contribution is 7.80. The van der Waals surface area contributed by atoms with Gasteiger partial charge in [0.25, 0.3) is 5.91 Å². The minimum absolute atomic E-state index is 0.191. The van der Waals surface area contributed by atoms with Crippen molar-refractivity contribution in [2.24, 2.45) is 0 Å². The van der Waals surface area contributed by atoms with E-state index in [0.29, 0.717) is 30.4 Å². The Bertz CT molecular complexity index is 395. The van der Waals surface area contributed by atoms with Crippen LogP contribution in [0.4, 0.5) is 0 Å². The second-order valence-corrected chi connectivity index (χ2v) is 4.13. The molecule has 1 aromatic carbocycles. The smallest absolute Gasteiger partial charge is 0.257 e. The largest absolute Gasteiger partial charge is 0.380 e. The lowest BCUT2D eigenvalue weighted by molar-refractivity contribution is 0.0970. The Labute approximate surface area is 113 Å². The Kier molecular flexibility index (Phi) is 6.32. The number of rotatable bonds is 5. The summed E-state index contributed by atoms with van der Waals surface area (Å²) in [7, 11) is 1.83. The number of thiocarbonyl (C=S) groups is 1. The SMILES string of the molecule is CCOCCN(C)C(=S)NC(=O)c1ccccc1. The van der Waals surface area contributed by atoms with E-state index in [0.717, 1.165) is 0 Å². The van der Waals surface area contributed by atoms with E-state index in [-0.39, 0.29) is 5.91 Å². The number of hydrogen-bond donors (Lipinski definition) is 1. The van der Waals surface area contributed by atoms with Gasteiger partial charge in [0, 0.05) is 25.8 Å². The van der Waals surface area contributed by atoms with E-state index < -0.39 is 0 Å². The van der Waals surface area contributed by atoms with Crippen molar-refractivity contribution >= 4 is 23.2 Å². The molecule has 1 N–H and O–H groups in total. The molecule has 0 heterocycles. The molecule has 0 radical (unpaired) electrons. The molecule has 5 heteroatoms. The second-order valence-electron chi connectivity index (χ2n) is 3.74. The number of amides is 1.